The summed E-state index contributed by atoms with van der Waals surface area (Å²) in [7, 11) is 0. The molecule has 0 atom stereocenters. The molecule has 0 radical (unpaired) electrons. The van der Waals surface area contributed by atoms with Crippen molar-refractivity contribution < 1.29 is 4.79 Å². The number of nitrogens with zero attached hydrogens (tertiary/aromatic N) is 7. The summed E-state index contributed by atoms with van der Waals surface area (Å²) >= 11 is 0. The minimum atomic E-state index is -0.0414. The zero-order chi connectivity index (χ0) is 17.1. The Bertz CT molecular complexity index is 886. The SMILES string of the molecule is O=C(c1ccnnc1)N1CCc2ncnc(-c3cncnc3)c2CC1. The second-order valence-electron chi connectivity index (χ2n) is 5.70. The fraction of sp³-hybridized carbons (Fsp3) is 0.235. The van der Waals surface area contributed by atoms with Crippen LogP contribution in [0.25, 0.3) is 11.3 Å². The second kappa shape index (κ2) is 6.68. The number of carbonyl (C=O) groups is 1. The Labute approximate surface area is 144 Å². The molecule has 124 valence electrons. The van der Waals surface area contributed by atoms with Crippen molar-refractivity contribution in [3.05, 3.63) is 60.3 Å². The van der Waals surface area contributed by atoms with Crippen LogP contribution in [0.3, 0.4) is 0 Å². The van der Waals surface area contributed by atoms with Crippen LogP contribution in [-0.2, 0) is 12.8 Å². The average Bonchev–Trinajstić information content (AvgIpc) is 2.91. The van der Waals surface area contributed by atoms with Gasteiger partial charge in [0.1, 0.15) is 12.7 Å². The zero-order valence-corrected chi connectivity index (χ0v) is 13.4. The van der Waals surface area contributed by atoms with E-state index in [-0.39, 0.29) is 5.91 Å². The molecule has 25 heavy (non-hydrogen) atoms. The maximum absolute atomic E-state index is 12.7. The number of hydrogen-bond donors (Lipinski definition) is 0. The van der Waals surface area contributed by atoms with Crippen LogP contribution in [0.1, 0.15) is 21.6 Å². The van der Waals surface area contributed by atoms with Gasteiger partial charge in [0.15, 0.2) is 0 Å². The van der Waals surface area contributed by atoms with E-state index in [9.17, 15) is 4.79 Å². The summed E-state index contributed by atoms with van der Waals surface area (Å²) in [5.74, 6) is -0.0414. The highest BCUT2D eigenvalue weighted by molar-refractivity contribution is 5.93. The molecule has 3 aromatic heterocycles. The maximum Gasteiger partial charge on any atom is 0.255 e. The minimum Gasteiger partial charge on any atom is -0.338 e. The molecule has 0 fully saturated rings. The quantitative estimate of drug-likeness (QED) is 0.689. The van der Waals surface area contributed by atoms with Gasteiger partial charge in [-0.2, -0.15) is 10.2 Å². The normalized spacial score (nSPS) is 13.8. The van der Waals surface area contributed by atoms with Crippen molar-refractivity contribution >= 4 is 5.91 Å². The Hall–Kier alpha value is -3.29. The van der Waals surface area contributed by atoms with Crippen LogP contribution >= 0.6 is 0 Å². The van der Waals surface area contributed by atoms with E-state index < -0.39 is 0 Å². The predicted molar refractivity (Wildman–Crippen MR) is 88.4 cm³/mol. The van der Waals surface area contributed by atoms with Gasteiger partial charge in [-0.25, -0.2) is 19.9 Å². The third kappa shape index (κ3) is 3.06. The molecule has 4 heterocycles. The fourth-order valence-electron chi connectivity index (χ4n) is 3.00. The highest BCUT2D eigenvalue weighted by atomic mass is 16.2. The Balaban J connectivity index is 1.61. The lowest BCUT2D eigenvalue weighted by molar-refractivity contribution is 0.0762. The van der Waals surface area contributed by atoms with Gasteiger partial charge in [0.05, 0.1) is 23.7 Å². The van der Waals surface area contributed by atoms with Gasteiger partial charge in [-0.1, -0.05) is 0 Å². The topological polar surface area (TPSA) is 97.7 Å². The van der Waals surface area contributed by atoms with Crippen molar-refractivity contribution in [1.82, 2.24) is 35.0 Å². The molecule has 0 aliphatic carbocycles. The summed E-state index contributed by atoms with van der Waals surface area (Å²) < 4.78 is 0. The summed E-state index contributed by atoms with van der Waals surface area (Å²) in [4.78, 5) is 31.5. The average molecular weight is 333 g/mol. The van der Waals surface area contributed by atoms with Crippen molar-refractivity contribution in [1.29, 1.82) is 0 Å². The van der Waals surface area contributed by atoms with E-state index in [1.807, 2.05) is 4.90 Å². The first kappa shape index (κ1) is 15.3. The number of carbonyl (C=O) groups excluding carboxylic acids is 1. The van der Waals surface area contributed by atoms with Crippen LogP contribution in [0.2, 0.25) is 0 Å². The van der Waals surface area contributed by atoms with Crippen LogP contribution in [0.4, 0.5) is 0 Å². The molecule has 0 unspecified atom stereocenters. The van der Waals surface area contributed by atoms with Crippen LogP contribution in [0.5, 0.6) is 0 Å². The van der Waals surface area contributed by atoms with Gasteiger partial charge in [0, 0.05) is 48.7 Å². The van der Waals surface area contributed by atoms with Gasteiger partial charge >= 0.3 is 0 Å². The summed E-state index contributed by atoms with van der Waals surface area (Å²) in [5.41, 5.74) is 4.27. The van der Waals surface area contributed by atoms with Crippen molar-refractivity contribution in [3.8, 4) is 11.3 Å². The maximum atomic E-state index is 12.7. The minimum absolute atomic E-state index is 0.0414. The number of rotatable bonds is 2. The van der Waals surface area contributed by atoms with Crippen LogP contribution in [-0.4, -0.2) is 54.0 Å². The van der Waals surface area contributed by atoms with Crippen molar-refractivity contribution in [2.75, 3.05) is 13.1 Å². The highest BCUT2D eigenvalue weighted by Gasteiger charge is 2.23. The van der Waals surface area contributed by atoms with Gasteiger partial charge in [0.25, 0.3) is 5.91 Å². The van der Waals surface area contributed by atoms with Gasteiger partial charge in [0.2, 0.25) is 0 Å². The van der Waals surface area contributed by atoms with Crippen molar-refractivity contribution in [3.63, 3.8) is 0 Å². The molecule has 8 heteroatoms. The van der Waals surface area contributed by atoms with E-state index in [0.717, 1.165) is 22.5 Å². The molecule has 8 nitrogen and oxygen atoms in total. The van der Waals surface area contributed by atoms with E-state index in [0.29, 0.717) is 31.5 Å². The summed E-state index contributed by atoms with van der Waals surface area (Å²) in [5, 5.41) is 7.50. The smallest absolute Gasteiger partial charge is 0.255 e. The standard InChI is InChI=1S/C17H15N7O/c25-17(12-1-4-22-23-9-12)24-5-2-14-15(3-6-24)20-11-21-16(14)13-7-18-10-19-8-13/h1,4,7-11H,2-3,5-6H2. The first-order valence-corrected chi connectivity index (χ1v) is 7.97. The third-order valence-electron chi connectivity index (χ3n) is 4.24. The molecule has 1 amide bonds. The fourth-order valence-corrected chi connectivity index (χ4v) is 3.00. The lowest BCUT2D eigenvalue weighted by Crippen LogP contribution is -2.33. The summed E-state index contributed by atoms with van der Waals surface area (Å²) in [6, 6.07) is 1.68. The van der Waals surface area contributed by atoms with Crippen molar-refractivity contribution in [2.45, 2.75) is 12.8 Å². The molecular formula is C17H15N7O. The van der Waals surface area contributed by atoms with Crippen LogP contribution < -0.4 is 0 Å². The molecule has 0 saturated heterocycles. The van der Waals surface area contributed by atoms with Gasteiger partial charge in [-0.15, -0.1) is 0 Å². The molecule has 0 aromatic carbocycles. The molecule has 1 aliphatic heterocycles. The van der Waals surface area contributed by atoms with Gasteiger partial charge in [-0.3, -0.25) is 4.79 Å². The molecule has 3 aromatic rings. The zero-order valence-electron chi connectivity index (χ0n) is 13.4. The highest BCUT2D eigenvalue weighted by Crippen LogP contribution is 2.25. The number of aromatic nitrogens is 6. The van der Waals surface area contributed by atoms with E-state index in [1.165, 1.54) is 18.7 Å². The molecular weight excluding hydrogens is 318 g/mol. The van der Waals surface area contributed by atoms with E-state index in [4.69, 9.17) is 0 Å². The molecule has 1 aliphatic rings. The third-order valence-corrected chi connectivity index (χ3v) is 4.24. The number of hydrogen-bond acceptors (Lipinski definition) is 7. The van der Waals surface area contributed by atoms with Crippen LogP contribution in [0, 0.1) is 0 Å². The molecule has 0 spiro atoms. The first-order valence-electron chi connectivity index (χ1n) is 7.97. The summed E-state index contributed by atoms with van der Waals surface area (Å²) in [6.07, 6.45) is 10.9. The number of amides is 1. The Kier molecular flexibility index (Phi) is 4.07. The lowest BCUT2D eigenvalue weighted by atomic mass is 10.0. The Morgan fingerprint density at radius 1 is 0.960 bits per heavy atom. The summed E-state index contributed by atoms with van der Waals surface area (Å²) in [6.45, 7) is 1.21. The van der Waals surface area contributed by atoms with Crippen molar-refractivity contribution in [2.24, 2.45) is 0 Å². The monoisotopic (exact) mass is 333 g/mol. The Morgan fingerprint density at radius 2 is 1.80 bits per heavy atom. The molecule has 0 saturated carbocycles. The van der Waals surface area contributed by atoms with Gasteiger partial charge in [-0.05, 0) is 12.5 Å². The Morgan fingerprint density at radius 3 is 2.60 bits per heavy atom. The molecule has 0 N–H and O–H groups in total. The predicted octanol–water partition coefficient (Wildman–Crippen LogP) is 0.965. The van der Waals surface area contributed by atoms with E-state index >= 15 is 0 Å². The second-order valence-corrected chi connectivity index (χ2v) is 5.70. The largest absolute Gasteiger partial charge is 0.338 e. The van der Waals surface area contributed by atoms with E-state index in [2.05, 4.69) is 30.1 Å². The molecule has 4 rings (SSSR count). The lowest BCUT2D eigenvalue weighted by Gasteiger charge is -2.19. The van der Waals surface area contributed by atoms with E-state index in [1.54, 1.807) is 24.8 Å². The molecule has 0 bridgehead atoms. The first-order chi connectivity index (χ1) is 12.3. The number of fused-ring (bicyclic) bond motifs is 1. The van der Waals surface area contributed by atoms with Gasteiger partial charge < -0.3 is 4.90 Å². The van der Waals surface area contributed by atoms with Crippen LogP contribution in [0.15, 0.2) is 43.5 Å².